The van der Waals surface area contributed by atoms with E-state index < -0.39 is 35.1 Å². The normalized spacial score (nSPS) is 11.2. The van der Waals surface area contributed by atoms with Gasteiger partial charge in [-0.1, -0.05) is 23.7 Å². The first-order valence-electron chi connectivity index (χ1n) is 9.09. The summed E-state index contributed by atoms with van der Waals surface area (Å²) in [6, 6.07) is 14.3. The van der Waals surface area contributed by atoms with Crippen LogP contribution in [0.3, 0.4) is 0 Å². The van der Waals surface area contributed by atoms with Gasteiger partial charge in [0.2, 0.25) is 5.91 Å². The number of hydrogen-bond acceptors (Lipinski definition) is 3. The zero-order valence-corrected chi connectivity index (χ0v) is 17.7. The van der Waals surface area contributed by atoms with E-state index in [0.717, 1.165) is 36.0 Å². The quantitative estimate of drug-likeness (QED) is 0.312. The van der Waals surface area contributed by atoms with Crippen LogP contribution in [0.15, 0.2) is 71.6 Å². The van der Waals surface area contributed by atoms with Crippen LogP contribution in [-0.2, 0) is 11.0 Å². The van der Waals surface area contributed by atoms with Gasteiger partial charge in [-0.15, -0.1) is 11.8 Å². The monoisotopic (exact) mass is 482 g/mol. The van der Waals surface area contributed by atoms with Crippen LogP contribution in [0.1, 0.15) is 15.9 Å². The molecule has 2 amide bonds. The molecule has 0 aromatic heterocycles. The van der Waals surface area contributed by atoms with Crippen LogP contribution >= 0.6 is 23.4 Å². The minimum atomic E-state index is -4.78. The Morgan fingerprint density at radius 3 is 2.28 bits per heavy atom. The van der Waals surface area contributed by atoms with E-state index in [9.17, 15) is 27.2 Å². The first-order chi connectivity index (χ1) is 15.1. The Labute approximate surface area is 190 Å². The number of carbonyl (C=O) groups excluding carboxylic acids is 2. The molecule has 0 saturated heterocycles. The van der Waals surface area contributed by atoms with Crippen LogP contribution in [0.25, 0.3) is 0 Å². The van der Waals surface area contributed by atoms with Crippen molar-refractivity contribution in [3.8, 4) is 0 Å². The van der Waals surface area contributed by atoms with E-state index in [0.29, 0.717) is 9.92 Å². The predicted molar refractivity (Wildman–Crippen MR) is 117 cm³/mol. The van der Waals surface area contributed by atoms with Gasteiger partial charge in [0, 0.05) is 16.1 Å². The number of hydrogen-bond donors (Lipinski definition) is 2. The molecule has 0 aliphatic carbocycles. The van der Waals surface area contributed by atoms with Gasteiger partial charge in [0.25, 0.3) is 5.91 Å². The second-order valence-corrected chi connectivity index (χ2v) is 7.91. The second kappa shape index (κ2) is 10.1. The lowest BCUT2D eigenvalue weighted by Gasteiger charge is -2.16. The zero-order valence-electron chi connectivity index (χ0n) is 16.2. The molecule has 10 heteroatoms. The molecule has 0 radical (unpaired) electrons. The fraction of sp³-hybridized carbons (Fsp3) is 0.0909. The molecule has 32 heavy (non-hydrogen) atoms. The molecule has 0 aliphatic heterocycles. The molecule has 0 spiro atoms. The van der Waals surface area contributed by atoms with Crippen molar-refractivity contribution in [2.75, 3.05) is 16.4 Å². The number of halogens is 5. The van der Waals surface area contributed by atoms with E-state index in [-0.39, 0.29) is 17.0 Å². The van der Waals surface area contributed by atoms with Gasteiger partial charge in [0.1, 0.15) is 5.82 Å². The fourth-order valence-corrected chi connectivity index (χ4v) is 3.70. The van der Waals surface area contributed by atoms with Gasteiger partial charge < -0.3 is 10.6 Å². The van der Waals surface area contributed by atoms with E-state index in [2.05, 4.69) is 10.6 Å². The maximum absolute atomic E-state index is 13.6. The summed E-state index contributed by atoms with van der Waals surface area (Å²) in [7, 11) is 0. The lowest BCUT2D eigenvalue weighted by molar-refractivity contribution is -0.136. The Balaban J connectivity index is 1.73. The predicted octanol–water partition coefficient (Wildman–Crippen LogP) is 6.48. The van der Waals surface area contributed by atoms with Crippen LogP contribution in [-0.4, -0.2) is 17.6 Å². The van der Waals surface area contributed by atoms with E-state index in [4.69, 9.17) is 11.6 Å². The Morgan fingerprint density at radius 1 is 0.938 bits per heavy atom. The Bertz CT molecular complexity index is 1140. The first-order valence-corrected chi connectivity index (χ1v) is 10.4. The third-order valence-electron chi connectivity index (χ3n) is 4.16. The van der Waals surface area contributed by atoms with Gasteiger partial charge in [0.05, 0.1) is 22.0 Å². The van der Waals surface area contributed by atoms with Crippen LogP contribution < -0.4 is 10.6 Å². The van der Waals surface area contributed by atoms with Gasteiger partial charge in [-0.2, -0.15) is 13.2 Å². The van der Waals surface area contributed by atoms with Crippen LogP contribution in [0, 0.1) is 5.82 Å². The number of amides is 2. The molecule has 2 N–H and O–H groups in total. The first kappa shape index (κ1) is 23.6. The molecule has 0 atom stereocenters. The lowest BCUT2D eigenvalue weighted by Crippen LogP contribution is -2.19. The summed E-state index contributed by atoms with van der Waals surface area (Å²) in [5, 5.41) is 5.01. The third-order valence-corrected chi connectivity index (χ3v) is 5.67. The van der Waals surface area contributed by atoms with Gasteiger partial charge in [0.15, 0.2) is 0 Å². The Hall–Kier alpha value is -3.04. The fourth-order valence-electron chi connectivity index (χ4n) is 2.66. The summed E-state index contributed by atoms with van der Waals surface area (Å²) in [6.45, 7) is 0. The summed E-state index contributed by atoms with van der Waals surface area (Å²) in [5.41, 5.74) is -1.61. The maximum Gasteiger partial charge on any atom is 0.418 e. The second-order valence-electron chi connectivity index (χ2n) is 6.49. The maximum atomic E-state index is 13.6. The van der Waals surface area contributed by atoms with E-state index >= 15 is 0 Å². The number of thioether (sulfide) groups is 1. The molecule has 4 nitrogen and oxygen atoms in total. The highest BCUT2D eigenvalue weighted by molar-refractivity contribution is 8.00. The molecule has 3 aromatic carbocycles. The summed E-state index contributed by atoms with van der Waals surface area (Å²) in [4.78, 5) is 25.0. The third kappa shape index (κ3) is 6.24. The number of rotatable bonds is 6. The molecule has 0 unspecified atom stereocenters. The Morgan fingerprint density at radius 2 is 1.62 bits per heavy atom. The molecule has 3 rings (SSSR count). The van der Waals surface area contributed by atoms with E-state index in [1.165, 1.54) is 18.2 Å². The largest absolute Gasteiger partial charge is 0.418 e. The summed E-state index contributed by atoms with van der Waals surface area (Å²) in [5.74, 6) is -2.05. The number of carbonyl (C=O) groups is 2. The van der Waals surface area contributed by atoms with Crippen molar-refractivity contribution in [1.82, 2.24) is 0 Å². The van der Waals surface area contributed by atoms with Crippen molar-refractivity contribution in [3.05, 3.63) is 88.7 Å². The van der Waals surface area contributed by atoms with Crippen molar-refractivity contribution >= 4 is 46.6 Å². The molecule has 0 bridgehead atoms. The Kier molecular flexibility index (Phi) is 7.42. The van der Waals surface area contributed by atoms with Gasteiger partial charge in [-0.3, -0.25) is 9.59 Å². The molecule has 0 saturated carbocycles. The number of alkyl halides is 3. The smallest absolute Gasteiger partial charge is 0.325 e. The van der Waals surface area contributed by atoms with Crippen molar-refractivity contribution in [3.63, 3.8) is 0 Å². The molecule has 0 heterocycles. The lowest BCUT2D eigenvalue weighted by atomic mass is 10.1. The minimum Gasteiger partial charge on any atom is -0.325 e. The van der Waals surface area contributed by atoms with Gasteiger partial charge in [-0.25, -0.2) is 4.39 Å². The van der Waals surface area contributed by atoms with Crippen molar-refractivity contribution in [2.45, 2.75) is 11.1 Å². The number of benzene rings is 3. The molecular formula is C22H15ClF4N2O2S. The summed E-state index contributed by atoms with van der Waals surface area (Å²) < 4.78 is 53.7. The summed E-state index contributed by atoms with van der Waals surface area (Å²) >= 11 is 7.10. The highest BCUT2D eigenvalue weighted by atomic mass is 35.5. The standard InChI is InChI=1S/C22H15ClF4N2O2S/c23-17-3-1-2-4-19(17)32-12-20(30)29-18-10-9-15(11-16(18)22(25,26)27)28-21(31)13-5-7-14(24)8-6-13/h1-11H,12H2,(H,28,31)(H,29,30). The molecule has 0 aliphatic rings. The zero-order chi connectivity index (χ0) is 23.3. The van der Waals surface area contributed by atoms with Gasteiger partial charge in [-0.05, 0) is 54.6 Å². The van der Waals surface area contributed by atoms with Crippen LogP contribution in [0.2, 0.25) is 5.02 Å². The molecular weight excluding hydrogens is 468 g/mol. The average molecular weight is 483 g/mol. The van der Waals surface area contributed by atoms with Crippen molar-refractivity contribution in [2.24, 2.45) is 0 Å². The van der Waals surface area contributed by atoms with Crippen molar-refractivity contribution in [1.29, 1.82) is 0 Å². The van der Waals surface area contributed by atoms with Crippen molar-refractivity contribution < 1.29 is 27.2 Å². The van der Waals surface area contributed by atoms with Crippen LogP contribution in [0.5, 0.6) is 0 Å². The highest BCUT2D eigenvalue weighted by Crippen LogP contribution is 2.37. The molecule has 3 aromatic rings. The van der Waals surface area contributed by atoms with Gasteiger partial charge >= 0.3 is 6.18 Å². The van der Waals surface area contributed by atoms with Crippen LogP contribution in [0.4, 0.5) is 28.9 Å². The summed E-state index contributed by atoms with van der Waals surface area (Å²) in [6.07, 6.45) is -4.78. The number of anilines is 2. The molecule has 166 valence electrons. The SMILES string of the molecule is O=C(CSc1ccccc1Cl)Nc1ccc(NC(=O)c2ccc(F)cc2)cc1C(F)(F)F. The van der Waals surface area contributed by atoms with E-state index in [1.54, 1.807) is 24.3 Å². The molecule has 0 fully saturated rings. The number of nitrogens with one attached hydrogen (secondary N) is 2. The highest BCUT2D eigenvalue weighted by Gasteiger charge is 2.34. The topological polar surface area (TPSA) is 58.2 Å². The minimum absolute atomic E-state index is 0.0777. The van der Waals surface area contributed by atoms with E-state index in [1.807, 2.05) is 0 Å². The average Bonchev–Trinajstić information content (AvgIpc) is 2.74.